The predicted octanol–water partition coefficient (Wildman–Crippen LogP) is -3.79. The average molecular weight is 910 g/mol. The number of amides is 9. The van der Waals surface area contributed by atoms with Crippen molar-refractivity contribution in [3.63, 3.8) is 0 Å². The Morgan fingerprint density at radius 1 is 0.656 bits per heavy atom. The minimum Gasteiger partial charge on any atom is -0.480 e. The van der Waals surface area contributed by atoms with Crippen molar-refractivity contribution in [2.45, 2.75) is 148 Å². The molecule has 0 aromatic carbocycles. The van der Waals surface area contributed by atoms with Gasteiger partial charge in [-0.1, -0.05) is 27.7 Å². The number of nitrogens with one attached hydrogen (secondary N) is 9. The molecule has 0 aromatic heterocycles. The first-order chi connectivity index (χ1) is 30.1. The van der Waals surface area contributed by atoms with Crippen LogP contribution in [0.25, 0.3) is 0 Å². The summed E-state index contributed by atoms with van der Waals surface area (Å²) in [4.78, 5) is 130. The number of aliphatic hydroxyl groups is 1. The van der Waals surface area contributed by atoms with Gasteiger partial charge in [-0.3, -0.25) is 43.2 Å². The van der Waals surface area contributed by atoms with Crippen LogP contribution in [0.15, 0.2) is 0 Å². The highest BCUT2D eigenvalue weighted by atomic mass is 16.4. The van der Waals surface area contributed by atoms with E-state index in [1.165, 1.54) is 18.7 Å². The fourth-order valence-electron chi connectivity index (χ4n) is 7.12. The Morgan fingerprint density at radius 3 is 1.84 bits per heavy atom. The number of rotatable bonds is 26. The lowest BCUT2D eigenvalue weighted by molar-refractivity contribution is -0.146. The Hall–Kier alpha value is -5.42. The predicted molar refractivity (Wildman–Crippen MR) is 231 cm³/mol. The van der Waals surface area contributed by atoms with E-state index in [0.29, 0.717) is 38.6 Å². The molecular weight excluding hydrogens is 839 g/mol. The van der Waals surface area contributed by atoms with E-state index >= 15 is 0 Å². The fraction of sp³-hybridized carbons (Fsp3) is 0.756. The van der Waals surface area contributed by atoms with E-state index < -0.39 is 127 Å². The molecular formula is C41H71N11O12. The maximum atomic E-state index is 13.4. The van der Waals surface area contributed by atoms with Crippen LogP contribution >= 0.6 is 0 Å². The van der Waals surface area contributed by atoms with Gasteiger partial charge >= 0.3 is 5.97 Å². The normalized spacial score (nSPS) is 19.5. The molecule has 0 saturated carbocycles. The van der Waals surface area contributed by atoms with Crippen LogP contribution in [0.1, 0.15) is 99.3 Å². The van der Waals surface area contributed by atoms with Gasteiger partial charge < -0.3 is 68.7 Å². The first-order valence-electron chi connectivity index (χ1n) is 22.1. The molecule has 2 aliphatic heterocycles. The van der Waals surface area contributed by atoms with Crippen LogP contribution in [0, 0.1) is 11.8 Å². The highest BCUT2D eigenvalue weighted by Crippen LogP contribution is 2.18. The number of nitrogens with zero attached hydrogens (tertiary/aromatic N) is 1. The van der Waals surface area contributed by atoms with E-state index in [2.05, 4.69) is 47.9 Å². The van der Waals surface area contributed by atoms with Crippen LogP contribution in [0.2, 0.25) is 0 Å². The van der Waals surface area contributed by atoms with Crippen molar-refractivity contribution in [1.29, 1.82) is 0 Å². The van der Waals surface area contributed by atoms with Gasteiger partial charge in [-0.15, -0.1) is 0 Å². The molecule has 0 spiro atoms. The number of piperidine rings is 1. The maximum absolute atomic E-state index is 13.4. The highest BCUT2D eigenvalue weighted by Gasteiger charge is 2.35. The number of hydrogen-bond acceptors (Lipinski definition) is 13. The lowest BCUT2D eigenvalue weighted by Crippen LogP contribution is -2.58. The molecule has 23 nitrogen and oxygen atoms in total. The largest absolute Gasteiger partial charge is 0.480 e. The second-order valence-electron chi connectivity index (χ2n) is 17.2. The number of carbonyl (C=O) groups excluding carboxylic acids is 9. The molecule has 362 valence electrons. The third-order valence-corrected chi connectivity index (χ3v) is 10.6. The van der Waals surface area contributed by atoms with Crippen LogP contribution < -0.4 is 53.6 Å². The number of likely N-dealkylation sites (tertiary alicyclic amines) is 1. The van der Waals surface area contributed by atoms with Gasteiger partial charge in [0.05, 0.1) is 31.8 Å². The van der Waals surface area contributed by atoms with Gasteiger partial charge in [0.15, 0.2) is 0 Å². The molecule has 23 heteroatoms. The Morgan fingerprint density at radius 2 is 1.25 bits per heavy atom. The molecule has 2 aliphatic rings. The molecule has 9 amide bonds. The minimum absolute atomic E-state index is 0.0763. The Labute approximate surface area is 374 Å². The van der Waals surface area contributed by atoms with E-state index in [4.69, 9.17) is 5.73 Å². The first-order valence-corrected chi connectivity index (χ1v) is 22.1. The average Bonchev–Trinajstić information content (AvgIpc) is 3.68. The fourth-order valence-corrected chi connectivity index (χ4v) is 7.12. The number of hydrogen-bond donors (Lipinski definition) is 12. The number of carbonyl (C=O) groups is 10. The monoisotopic (exact) mass is 910 g/mol. The number of nitrogens with two attached hydrogens (primary N) is 1. The zero-order valence-corrected chi connectivity index (χ0v) is 37.9. The maximum Gasteiger partial charge on any atom is 0.326 e. The summed E-state index contributed by atoms with van der Waals surface area (Å²) in [7, 11) is 0. The van der Waals surface area contributed by atoms with Crippen molar-refractivity contribution >= 4 is 59.1 Å². The molecule has 2 heterocycles. The van der Waals surface area contributed by atoms with Gasteiger partial charge in [-0.25, -0.2) is 4.79 Å². The number of β-amino-alcohol motifs (C(OH)–C–C–N with tert-alkyl or cyclic N) is 1. The van der Waals surface area contributed by atoms with E-state index in [1.807, 2.05) is 27.7 Å². The summed E-state index contributed by atoms with van der Waals surface area (Å²) in [5.41, 5.74) is 5.50. The van der Waals surface area contributed by atoms with Crippen LogP contribution in [0.5, 0.6) is 0 Å². The van der Waals surface area contributed by atoms with Gasteiger partial charge in [-0.05, 0) is 90.0 Å². The molecule has 0 bridgehead atoms. The standard InChI is InChI=1S/C41H71N11O12/c1-22(2)15-29(51-36(58)25(6)47-32(54)19-44-37(59)28-17-26(53)18-43-28)38(60)45-20-33(55)49-30(16-23(3)4)39(61)48-24(5)35(57)46-21-34(56)52-14-10-8-12-31(52)40(62)50-27(41(63)64)11-7-9-13-42/h22-31,43,53H,7-21,42H2,1-6H3,(H,44,59)(H,45,60)(H,46,57)(H,47,54)(H,48,61)(H,49,55)(H,50,62)(H,51,58)(H,63,64)/t24-,25-,26+,27-,28-,29-,30-,31-/m0/s1. The lowest BCUT2D eigenvalue weighted by Gasteiger charge is -2.35. The molecule has 2 fully saturated rings. The second-order valence-corrected chi connectivity index (χ2v) is 17.2. The molecule has 0 radical (unpaired) electrons. The van der Waals surface area contributed by atoms with Gasteiger partial charge in [0.2, 0.25) is 53.2 Å². The van der Waals surface area contributed by atoms with Gasteiger partial charge in [-0.2, -0.15) is 0 Å². The van der Waals surface area contributed by atoms with Gasteiger partial charge in [0.25, 0.3) is 0 Å². The van der Waals surface area contributed by atoms with Crippen molar-refractivity contribution < 1.29 is 58.2 Å². The summed E-state index contributed by atoms with van der Waals surface area (Å²) < 4.78 is 0. The zero-order chi connectivity index (χ0) is 48.1. The van der Waals surface area contributed by atoms with Crippen LogP contribution in [0.3, 0.4) is 0 Å². The van der Waals surface area contributed by atoms with Crippen molar-refractivity contribution in [3.8, 4) is 0 Å². The molecule has 0 aromatic rings. The minimum atomic E-state index is -1.20. The first kappa shape index (κ1) is 54.7. The van der Waals surface area contributed by atoms with Crippen molar-refractivity contribution in [2.75, 3.05) is 39.3 Å². The number of aliphatic hydroxyl groups excluding tert-OH is 1. The molecule has 0 aliphatic carbocycles. The molecule has 8 atom stereocenters. The van der Waals surface area contributed by atoms with Crippen LogP contribution in [0.4, 0.5) is 0 Å². The highest BCUT2D eigenvalue weighted by molar-refractivity contribution is 5.97. The van der Waals surface area contributed by atoms with E-state index in [9.17, 15) is 58.2 Å². The smallest absolute Gasteiger partial charge is 0.326 e. The number of carboxylic acids is 1. The summed E-state index contributed by atoms with van der Waals surface area (Å²) in [5, 5.41) is 42.1. The lowest BCUT2D eigenvalue weighted by atomic mass is 10.00. The molecule has 2 saturated heterocycles. The summed E-state index contributed by atoms with van der Waals surface area (Å²) in [5.74, 6) is -7.22. The second kappa shape index (κ2) is 27.7. The van der Waals surface area contributed by atoms with Crippen LogP contribution in [-0.2, 0) is 47.9 Å². The van der Waals surface area contributed by atoms with Crippen molar-refractivity contribution in [2.24, 2.45) is 17.6 Å². The van der Waals surface area contributed by atoms with E-state index in [0.717, 1.165) is 0 Å². The van der Waals surface area contributed by atoms with Crippen molar-refractivity contribution in [3.05, 3.63) is 0 Å². The molecule has 64 heavy (non-hydrogen) atoms. The van der Waals surface area contributed by atoms with Crippen LogP contribution in [-0.4, -0.2) is 162 Å². The number of carboxylic acid groups (broad SMARTS) is 1. The third-order valence-electron chi connectivity index (χ3n) is 10.6. The number of unbranched alkanes of at least 4 members (excludes halogenated alkanes) is 1. The SMILES string of the molecule is CC(C)C[C@H](NC(=O)CNC(=O)[C@H](CC(C)C)NC(=O)[C@H](C)NC(=O)CNC(=O)[C@@H]1C[C@@H](O)CN1)C(=O)N[C@@H](C)C(=O)NCC(=O)N1CCCC[C@H]1C(=O)N[C@@H](CCCCN)C(=O)O. The summed E-state index contributed by atoms with van der Waals surface area (Å²) in [6, 6.07) is -7.19. The topological polar surface area (TPSA) is 349 Å². The van der Waals surface area contributed by atoms with Gasteiger partial charge in [0.1, 0.15) is 36.3 Å². The van der Waals surface area contributed by atoms with Gasteiger partial charge in [0, 0.05) is 13.1 Å². The molecule has 13 N–H and O–H groups in total. The zero-order valence-electron chi connectivity index (χ0n) is 37.9. The molecule has 0 unspecified atom stereocenters. The van der Waals surface area contributed by atoms with Crippen molar-refractivity contribution in [1.82, 2.24) is 52.8 Å². The molecule has 2 rings (SSSR count). The Balaban J connectivity index is 1.91. The Kier molecular flexibility index (Phi) is 23.7. The number of aliphatic carboxylic acids is 1. The summed E-state index contributed by atoms with van der Waals surface area (Å²) >= 11 is 0. The Bertz CT molecular complexity index is 1650. The van der Waals surface area contributed by atoms with E-state index in [1.54, 1.807) is 0 Å². The summed E-state index contributed by atoms with van der Waals surface area (Å²) in [6.45, 7) is 9.42. The quantitative estimate of drug-likeness (QED) is 0.0371. The summed E-state index contributed by atoms with van der Waals surface area (Å²) in [6.07, 6.45) is 2.70. The third kappa shape index (κ3) is 19.5. The van der Waals surface area contributed by atoms with E-state index in [-0.39, 0.29) is 50.6 Å².